The third kappa shape index (κ3) is 14.4. The van der Waals surface area contributed by atoms with Crippen molar-refractivity contribution in [3.8, 4) is 0 Å². The molecule has 0 radical (unpaired) electrons. The summed E-state index contributed by atoms with van der Waals surface area (Å²) in [4.78, 5) is 124. The Bertz CT molecular complexity index is 2970. The average Bonchev–Trinajstić information content (AvgIpc) is 4.35. The van der Waals surface area contributed by atoms with Gasteiger partial charge >= 0.3 is 12.1 Å². The van der Waals surface area contributed by atoms with Crippen LogP contribution in [0.25, 0.3) is 20.4 Å². The van der Waals surface area contributed by atoms with Crippen molar-refractivity contribution in [1.82, 2.24) is 52.5 Å². The minimum absolute atomic E-state index is 0.0315. The number of hydrogen-bond acceptors (Lipinski definition) is 18. The molecule has 0 saturated carbocycles. The first-order valence-electron chi connectivity index (χ1n) is 28.2. The fourth-order valence-electron chi connectivity index (χ4n) is 11.1. The van der Waals surface area contributed by atoms with Crippen LogP contribution in [0.3, 0.4) is 0 Å². The largest absolute Gasteiger partial charge is 0.356 e. The lowest BCUT2D eigenvalue weighted by Gasteiger charge is -2.20. The zero-order valence-electron chi connectivity index (χ0n) is 44.9. The normalized spacial score (nSPS) is 26.9. The number of rotatable bonds is 20. The molecule has 2 aromatic carbocycles. The van der Waals surface area contributed by atoms with E-state index in [4.69, 9.17) is 20.0 Å². The number of anilines is 2. The van der Waals surface area contributed by atoms with Gasteiger partial charge in [-0.3, -0.25) is 38.8 Å². The quantitative estimate of drug-likeness (QED) is 0.0401. The maximum absolute atomic E-state index is 14.1. The predicted molar refractivity (Wildman–Crippen MR) is 328 cm³/mol. The van der Waals surface area contributed by atoms with E-state index in [2.05, 4.69) is 53.2 Å². The molecule has 7 aliphatic rings. The van der Waals surface area contributed by atoms with Gasteiger partial charge in [-0.2, -0.15) is 23.5 Å². The van der Waals surface area contributed by atoms with Gasteiger partial charge in [-0.05, 0) is 101 Å². The molecular formula is C54H66N14O8S6. The van der Waals surface area contributed by atoms with Crippen molar-refractivity contribution in [3.05, 3.63) is 46.4 Å². The number of nitrogens with one attached hydrogen (secondary N) is 10. The summed E-state index contributed by atoms with van der Waals surface area (Å²) in [5, 5.41) is 33.1. The lowest BCUT2D eigenvalue weighted by Crippen LogP contribution is -2.47. The van der Waals surface area contributed by atoms with Gasteiger partial charge in [0.05, 0.1) is 44.6 Å². The maximum Gasteiger partial charge on any atom is 0.315 e. The van der Waals surface area contributed by atoms with Gasteiger partial charge < -0.3 is 53.2 Å². The van der Waals surface area contributed by atoms with Gasteiger partial charge in [-0.1, -0.05) is 12.8 Å². The number of benzene rings is 2. The molecule has 2 aromatic heterocycles. The molecule has 4 fully saturated rings. The number of carbonyl (C=O) groups is 8. The molecule has 10 bridgehead atoms. The van der Waals surface area contributed by atoms with E-state index in [1.807, 2.05) is 35.7 Å². The van der Waals surface area contributed by atoms with Crippen molar-refractivity contribution < 1.29 is 38.4 Å². The van der Waals surface area contributed by atoms with E-state index in [0.29, 0.717) is 129 Å². The van der Waals surface area contributed by atoms with Crippen molar-refractivity contribution in [3.63, 3.8) is 0 Å². The van der Waals surface area contributed by atoms with Gasteiger partial charge in [-0.25, -0.2) is 19.6 Å². The van der Waals surface area contributed by atoms with E-state index >= 15 is 0 Å². The topological polar surface area (TPSA) is 307 Å². The summed E-state index contributed by atoms with van der Waals surface area (Å²) < 4.78 is 1.56. The first-order valence-corrected chi connectivity index (χ1v) is 33.9. The molecule has 28 heteroatoms. The molecule has 22 nitrogen and oxygen atoms in total. The second kappa shape index (κ2) is 26.9. The van der Waals surface area contributed by atoms with E-state index in [-0.39, 0.29) is 59.9 Å². The zero-order chi connectivity index (χ0) is 56.7. The van der Waals surface area contributed by atoms with Crippen molar-refractivity contribution in [1.29, 1.82) is 0 Å². The molecule has 10 amide bonds. The number of aliphatic imine (C=N–C) groups is 2. The molecule has 7 aliphatic heterocycles. The minimum Gasteiger partial charge on any atom is -0.356 e. The number of amides is 10. The highest BCUT2D eigenvalue weighted by Crippen LogP contribution is 2.36. The SMILES string of the molecule is O=C(CCCC[C@@H]1SC[C@H]2NC(=O)N[C@@H]12)NCCCC[C@@H]1NC(=O)[C@H]2CSC(=N2)c2nc3ccc(cc3s2)NC(=O)[C@@H](CCCCNC(=O)CCCC[C@@H]2SC[C@H]3NC(=O)N[C@@H]23)NC(=O)[C@H]2CSC(=N2)c2nc3ccc(cc3s2)NC1=O. The second-order valence-electron chi connectivity index (χ2n) is 21.5. The van der Waals surface area contributed by atoms with Crippen molar-refractivity contribution in [2.24, 2.45) is 9.98 Å². The monoisotopic (exact) mass is 1230 g/mol. The van der Waals surface area contributed by atoms with Gasteiger partial charge in [0.25, 0.3) is 0 Å². The Morgan fingerprint density at radius 3 is 1.39 bits per heavy atom. The molecule has 11 rings (SSSR count). The Balaban J connectivity index is 0.714. The van der Waals surface area contributed by atoms with E-state index in [9.17, 15) is 38.4 Å². The van der Waals surface area contributed by atoms with Gasteiger partial charge in [0, 0.05) is 70.8 Å². The first kappa shape index (κ1) is 58.1. The van der Waals surface area contributed by atoms with Crippen LogP contribution in [0.15, 0.2) is 46.4 Å². The minimum atomic E-state index is -0.901. The van der Waals surface area contributed by atoms with Crippen LogP contribution < -0.4 is 53.2 Å². The number of aromatic nitrogens is 2. The smallest absolute Gasteiger partial charge is 0.315 e. The molecule has 10 atom stereocenters. The Morgan fingerprint density at radius 1 is 0.500 bits per heavy atom. The summed E-state index contributed by atoms with van der Waals surface area (Å²) in [5.41, 5.74) is 2.39. The lowest BCUT2D eigenvalue weighted by atomic mass is 10.0. The molecule has 4 aromatic rings. The Labute approximate surface area is 498 Å². The molecule has 0 spiro atoms. The first-order chi connectivity index (χ1) is 39.8. The number of thiazole rings is 2. The van der Waals surface area contributed by atoms with E-state index in [1.54, 1.807) is 24.3 Å². The van der Waals surface area contributed by atoms with Crippen LogP contribution in [0.1, 0.15) is 99.9 Å². The number of thioether (sulfide) groups is 4. The molecule has 9 heterocycles. The highest BCUT2D eigenvalue weighted by molar-refractivity contribution is 8.15. The number of hydrogen-bond donors (Lipinski definition) is 10. The molecular weight excluding hydrogens is 1170 g/mol. The number of nitrogens with zero attached hydrogens (tertiary/aromatic N) is 4. The van der Waals surface area contributed by atoms with Crippen LogP contribution in [0, 0.1) is 0 Å². The van der Waals surface area contributed by atoms with Gasteiger partial charge in [0.15, 0.2) is 0 Å². The van der Waals surface area contributed by atoms with Crippen molar-refractivity contribution in [2.45, 2.75) is 149 Å². The number of fused-ring (bicyclic) bond motifs is 10. The summed E-state index contributed by atoms with van der Waals surface area (Å²) in [6.45, 7) is 0.861. The third-order valence-electron chi connectivity index (χ3n) is 15.5. The van der Waals surface area contributed by atoms with E-state index in [1.165, 1.54) is 46.2 Å². The highest BCUT2D eigenvalue weighted by atomic mass is 32.2. The van der Waals surface area contributed by atoms with Gasteiger partial charge in [-0.15, -0.1) is 46.2 Å². The van der Waals surface area contributed by atoms with Gasteiger partial charge in [0.2, 0.25) is 35.4 Å². The Hall–Kier alpha value is -5.68. The van der Waals surface area contributed by atoms with Crippen LogP contribution in [-0.2, 0) is 28.8 Å². The summed E-state index contributed by atoms with van der Waals surface area (Å²) in [7, 11) is 0. The highest BCUT2D eigenvalue weighted by Gasteiger charge is 2.44. The summed E-state index contributed by atoms with van der Waals surface area (Å²) in [6.07, 6.45) is 8.89. The lowest BCUT2D eigenvalue weighted by molar-refractivity contribution is -0.127. The maximum atomic E-state index is 14.1. The summed E-state index contributed by atoms with van der Waals surface area (Å²) >= 11 is 9.31. The average molecular weight is 1230 g/mol. The standard InChI is InChI=1S/C54H66N14O8S6/c69-41(13-3-1-11-37-43-33(23-77-37)65-53(75)67-43)55-19-7-5-9-31-45(71)57-27-15-17-29-39(21-27)81-52(61-29)50-64-36(26-80-50)48(74)60-32(10-6-8-20-56-42(70)14-4-2-12-38-44-34(24-78-38)66-54(76)68-44)46(72)58-28-16-18-30-40(22-28)82-51(62-30)49-63-35(25-79-49)47(73)59-31/h15-18,21-22,31-38,43-44H,1-14,19-20,23-26H2,(H,55,69)(H,56,70)(H,57,71)(H,58,72)(H,59,73)(H,60,74)(H2,65,67,75)(H2,66,68,76)/t31-,32+,33-,34-,35-,36-,37+,38+,43-,44-/m1/s1. The van der Waals surface area contributed by atoms with Crippen LogP contribution >= 0.6 is 69.7 Å². The van der Waals surface area contributed by atoms with Crippen LogP contribution in [-0.4, -0.2) is 162 Å². The summed E-state index contributed by atoms with van der Waals surface area (Å²) in [6, 6.07) is 7.86. The molecule has 10 N–H and O–H groups in total. The van der Waals surface area contributed by atoms with Crippen LogP contribution in [0.2, 0.25) is 0 Å². The summed E-state index contributed by atoms with van der Waals surface area (Å²) in [5.74, 6) is 0.887. The number of unbranched alkanes of at least 4 members (excludes halogenated alkanes) is 4. The zero-order valence-corrected chi connectivity index (χ0v) is 49.8. The molecule has 436 valence electrons. The van der Waals surface area contributed by atoms with Crippen LogP contribution in [0.5, 0.6) is 0 Å². The van der Waals surface area contributed by atoms with E-state index in [0.717, 1.165) is 59.4 Å². The second-order valence-corrected chi connectivity index (χ2v) is 28.1. The molecule has 82 heavy (non-hydrogen) atoms. The fraction of sp³-hybridized carbons (Fsp3) is 0.556. The molecule has 4 saturated heterocycles. The number of urea groups is 2. The van der Waals surface area contributed by atoms with Gasteiger partial charge in [0.1, 0.15) is 44.3 Å². The van der Waals surface area contributed by atoms with Crippen molar-refractivity contribution in [2.75, 3.05) is 46.7 Å². The van der Waals surface area contributed by atoms with Crippen molar-refractivity contribution >= 4 is 159 Å². The number of carbonyl (C=O) groups excluding carboxylic acids is 8. The Kier molecular flexibility index (Phi) is 19.1. The predicted octanol–water partition coefficient (Wildman–Crippen LogP) is 5.22. The molecule has 0 aliphatic carbocycles. The Morgan fingerprint density at radius 2 is 0.939 bits per heavy atom. The fourth-order valence-corrected chi connectivity index (χ4v) is 18.4. The van der Waals surface area contributed by atoms with Crippen LogP contribution in [0.4, 0.5) is 21.0 Å². The third-order valence-corrected chi connectivity index (χ3v) is 22.9. The molecule has 0 unspecified atom stereocenters. The van der Waals surface area contributed by atoms with E-state index < -0.39 is 36.0 Å².